The number of carbonyl (C=O) groups is 1. The largest absolute Gasteiger partial charge is 0.306 e. The Bertz CT molecular complexity index is 904. The van der Waals surface area contributed by atoms with Crippen LogP contribution in [0.3, 0.4) is 0 Å². The topological polar surface area (TPSA) is 101 Å². The van der Waals surface area contributed by atoms with Gasteiger partial charge in [0, 0.05) is 5.54 Å². The quantitative estimate of drug-likeness (QED) is 0.810. The minimum Gasteiger partial charge on any atom is -0.306 e. The Kier molecular flexibility index (Phi) is 3.65. The van der Waals surface area contributed by atoms with Gasteiger partial charge in [0.05, 0.1) is 22.1 Å². The first-order chi connectivity index (χ1) is 10.8. The fourth-order valence-electron chi connectivity index (χ4n) is 2.07. The highest BCUT2D eigenvalue weighted by Gasteiger charge is 2.41. The third-order valence-electron chi connectivity index (χ3n) is 3.64. The lowest BCUT2D eigenvalue weighted by atomic mass is 10.3. The van der Waals surface area contributed by atoms with Crippen LogP contribution in [-0.2, 0) is 14.8 Å². The molecule has 2 aromatic rings. The molecule has 1 amide bonds. The number of amides is 1. The fraction of sp³-hybridized carbons (Fsp3) is 0.267. The number of anilines is 1. The Balaban J connectivity index is 1.96. The SMILES string of the molecule is C=CC(=O)Nc1cnc2ccc(S(=O)(=O)NC3(C)CC3)cc2n1. The predicted octanol–water partition coefficient (Wildman–Crippen LogP) is 1.59. The summed E-state index contributed by atoms with van der Waals surface area (Å²) < 4.78 is 27.5. The van der Waals surface area contributed by atoms with Crippen LogP contribution in [0.25, 0.3) is 11.0 Å². The van der Waals surface area contributed by atoms with E-state index < -0.39 is 15.9 Å². The van der Waals surface area contributed by atoms with E-state index in [4.69, 9.17) is 0 Å². The lowest BCUT2D eigenvalue weighted by molar-refractivity contribution is -0.111. The smallest absolute Gasteiger partial charge is 0.248 e. The van der Waals surface area contributed by atoms with Crippen LogP contribution < -0.4 is 10.0 Å². The maximum atomic E-state index is 12.4. The van der Waals surface area contributed by atoms with Crippen molar-refractivity contribution in [2.24, 2.45) is 0 Å². The van der Waals surface area contributed by atoms with E-state index in [0.717, 1.165) is 18.9 Å². The van der Waals surface area contributed by atoms with Crippen molar-refractivity contribution < 1.29 is 13.2 Å². The van der Waals surface area contributed by atoms with Gasteiger partial charge in [0.2, 0.25) is 15.9 Å². The molecule has 7 nitrogen and oxygen atoms in total. The third kappa shape index (κ3) is 3.38. The van der Waals surface area contributed by atoms with Gasteiger partial charge in [0.25, 0.3) is 0 Å². The third-order valence-corrected chi connectivity index (χ3v) is 5.28. The molecule has 1 aromatic carbocycles. The maximum Gasteiger partial charge on any atom is 0.248 e. The second kappa shape index (κ2) is 5.39. The van der Waals surface area contributed by atoms with Gasteiger partial charge in [-0.2, -0.15) is 0 Å². The standard InChI is InChI=1S/C15H16N4O3S/c1-3-14(20)18-13-9-16-11-5-4-10(8-12(11)17-13)23(21,22)19-15(2)6-7-15/h3-5,8-9,19H,1,6-7H2,2H3,(H,17,18,20). The first-order valence-corrected chi connectivity index (χ1v) is 8.54. The molecule has 23 heavy (non-hydrogen) atoms. The zero-order valence-corrected chi connectivity index (χ0v) is 13.4. The van der Waals surface area contributed by atoms with Gasteiger partial charge < -0.3 is 5.32 Å². The highest BCUT2D eigenvalue weighted by molar-refractivity contribution is 7.89. The Labute approximate surface area is 133 Å². The number of nitrogens with zero attached hydrogens (tertiary/aromatic N) is 2. The van der Waals surface area contributed by atoms with Crippen molar-refractivity contribution in [2.45, 2.75) is 30.2 Å². The first-order valence-electron chi connectivity index (χ1n) is 7.06. The van der Waals surface area contributed by atoms with E-state index in [2.05, 4.69) is 26.6 Å². The summed E-state index contributed by atoms with van der Waals surface area (Å²) in [7, 11) is -3.61. The summed E-state index contributed by atoms with van der Waals surface area (Å²) >= 11 is 0. The second-order valence-electron chi connectivity index (χ2n) is 5.77. The van der Waals surface area contributed by atoms with Crippen LogP contribution in [0.1, 0.15) is 19.8 Å². The molecular formula is C15H16N4O3S. The molecule has 0 aliphatic heterocycles. The molecule has 0 radical (unpaired) electrons. The van der Waals surface area contributed by atoms with E-state index in [1.807, 2.05) is 6.92 Å². The van der Waals surface area contributed by atoms with Crippen LogP contribution in [-0.4, -0.2) is 29.8 Å². The number of carbonyl (C=O) groups excluding carboxylic acids is 1. The summed E-state index contributed by atoms with van der Waals surface area (Å²) in [5.74, 6) is -0.176. The van der Waals surface area contributed by atoms with E-state index in [0.29, 0.717) is 11.0 Å². The molecular weight excluding hydrogens is 316 g/mol. The van der Waals surface area contributed by atoms with Gasteiger partial charge in [-0.1, -0.05) is 6.58 Å². The molecule has 1 heterocycles. The molecule has 0 spiro atoms. The minimum absolute atomic E-state index is 0.125. The number of fused-ring (bicyclic) bond motifs is 1. The van der Waals surface area contributed by atoms with E-state index in [9.17, 15) is 13.2 Å². The fourth-order valence-corrected chi connectivity index (χ4v) is 3.55. The molecule has 0 saturated heterocycles. The van der Waals surface area contributed by atoms with Gasteiger partial charge in [0.1, 0.15) is 0 Å². The number of rotatable bonds is 5. The second-order valence-corrected chi connectivity index (χ2v) is 7.45. The Morgan fingerprint density at radius 3 is 2.74 bits per heavy atom. The molecule has 1 aromatic heterocycles. The predicted molar refractivity (Wildman–Crippen MR) is 86.3 cm³/mol. The van der Waals surface area contributed by atoms with Gasteiger partial charge >= 0.3 is 0 Å². The monoisotopic (exact) mass is 332 g/mol. The van der Waals surface area contributed by atoms with Gasteiger partial charge in [-0.15, -0.1) is 0 Å². The summed E-state index contributed by atoms with van der Waals surface area (Å²) in [5, 5.41) is 2.49. The van der Waals surface area contributed by atoms with Crippen molar-refractivity contribution >= 4 is 32.8 Å². The Morgan fingerprint density at radius 1 is 1.35 bits per heavy atom. The van der Waals surface area contributed by atoms with E-state index in [-0.39, 0.29) is 16.3 Å². The zero-order valence-electron chi connectivity index (χ0n) is 12.5. The lowest BCUT2D eigenvalue weighted by Gasteiger charge is -2.12. The molecule has 8 heteroatoms. The Morgan fingerprint density at radius 2 is 2.09 bits per heavy atom. The molecule has 3 rings (SSSR count). The van der Waals surface area contributed by atoms with Gasteiger partial charge in [-0.05, 0) is 44.0 Å². The van der Waals surface area contributed by atoms with E-state index in [1.54, 1.807) is 6.07 Å². The van der Waals surface area contributed by atoms with Crippen molar-refractivity contribution in [3.63, 3.8) is 0 Å². The average molecular weight is 332 g/mol. The number of sulfonamides is 1. The molecule has 1 aliphatic rings. The van der Waals surface area contributed by atoms with Crippen LogP contribution in [0.15, 0.2) is 41.9 Å². The molecule has 0 unspecified atom stereocenters. The zero-order chi connectivity index (χ0) is 16.7. The van der Waals surface area contributed by atoms with Gasteiger partial charge in [0.15, 0.2) is 5.82 Å². The van der Waals surface area contributed by atoms with Crippen LogP contribution >= 0.6 is 0 Å². The number of hydrogen-bond acceptors (Lipinski definition) is 5. The van der Waals surface area contributed by atoms with E-state index in [1.165, 1.54) is 18.3 Å². The number of benzene rings is 1. The summed E-state index contributed by atoms with van der Waals surface area (Å²) in [6.45, 7) is 5.23. The molecule has 0 bridgehead atoms. The average Bonchev–Trinajstić information content (AvgIpc) is 3.22. The van der Waals surface area contributed by atoms with Crippen molar-refractivity contribution in [2.75, 3.05) is 5.32 Å². The molecule has 0 atom stereocenters. The highest BCUT2D eigenvalue weighted by atomic mass is 32.2. The van der Waals surface area contributed by atoms with Crippen molar-refractivity contribution in [1.29, 1.82) is 0 Å². The molecule has 120 valence electrons. The number of hydrogen-bond donors (Lipinski definition) is 2. The molecule has 2 N–H and O–H groups in total. The minimum atomic E-state index is -3.61. The van der Waals surface area contributed by atoms with Crippen molar-refractivity contribution in [3.05, 3.63) is 37.1 Å². The van der Waals surface area contributed by atoms with Gasteiger partial charge in [-0.3, -0.25) is 9.78 Å². The van der Waals surface area contributed by atoms with Crippen LogP contribution in [0.5, 0.6) is 0 Å². The number of nitrogens with one attached hydrogen (secondary N) is 2. The number of aromatic nitrogens is 2. The maximum absolute atomic E-state index is 12.4. The van der Waals surface area contributed by atoms with Crippen molar-refractivity contribution in [1.82, 2.24) is 14.7 Å². The van der Waals surface area contributed by atoms with Gasteiger partial charge in [-0.25, -0.2) is 18.1 Å². The summed E-state index contributed by atoms with van der Waals surface area (Å²) in [6, 6.07) is 4.53. The molecule has 1 saturated carbocycles. The highest BCUT2D eigenvalue weighted by Crippen LogP contribution is 2.36. The van der Waals surface area contributed by atoms with E-state index >= 15 is 0 Å². The Hall–Kier alpha value is -2.32. The van der Waals surface area contributed by atoms with Crippen LogP contribution in [0.4, 0.5) is 5.82 Å². The van der Waals surface area contributed by atoms with Crippen LogP contribution in [0.2, 0.25) is 0 Å². The lowest BCUT2D eigenvalue weighted by Crippen LogP contribution is -2.34. The van der Waals surface area contributed by atoms with Crippen molar-refractivity contribution in [3.8, 4) is 0 Å². The summed E-state index contributed by atoms with van der Waals surface area (Å²) in [6.07, 6.45) is 4.18. The normalized spacial score (nSPS) is 16.0. The molecule has 1 aliphatic carbocycles. The van der Waals surface area contributed by atoms with Crippen LogP contribution in [0, 0.1) is 0 Å². The first kappa shape index (κ1) is 15.6. The molecule has 1 fully saturated rings. The summed E-state index contributed by atoms with van der Waals surface area (Å²) in [5.41, 5.74) is 0.577. The summed E-state index contributed by atoms with van der Waals surface area (Å²) in [4.78, 5) is 19.8.